The van der Waals surface area contributed by atoms with Crippen molar-refractivity contribution in [3.63, 3.8) is 0 Å². The molecule has 0 aliphatic carbocycles. The Morgan fingerprint density at radius 2 is 1.69 bits per heavy atom. The normalized spacial score (nSPS) is 10.3. The van der Waals surface area contributed by atoms with Gasteiger partial charge in [0, 0.05) is 19.7 Å². The third kappa shape index (κ3) is 8.64. The minimum Gasteiger partial charge on any atom is -0.490 e. The van der Waals surface area contributed by atoms with Gasteiger partial charge in [-0.1, -0.05) is 42.5 Å². The molecule has 1 N–H and O–H groups in total. The molecule has 8 heteroatoms. The van der Waals surface area contributed by atoms with Crippen molar-refractivity contribution in [3.05, 3.63) is 65.7 Å². The first-order valence-corrected chi connectivity index (χ1v) is 11.0. The maximum atomic E-state index is 12.9. The van der Waals surface area contributed by atoms with Crippen molar-refractivity contribution in [2.45, 2.75) is 26.8 Å². The number of para-hydroxylation sites is 1. The second-order valence-electron chi connectivity index (χ2n) is 6.76. The molecule has 2 aromatic carbocycles. The van der Waals surface area contributed by atoms with Crippen molar-refractivity contribution in [1.82, 2.24) is 10.2 Å². The molecule has 0 bridgehead atoms. The van der Waals surface area contributed by atoms with E-state index in [1.165, 1.54) is 0 Å². The van der Waals surface area contributed by atoms with Crippen LogP contribution in [0.4, 0.5) is 0 Å². The second-order valence-corrected chi connectivity index (χ2v) is 7.15. The van der Waals surface area contributed by atoms with Crippen LogP contribution in [0.15, 0.2) is 54.6 Å². The second kappa shape index (κ2) is 14.2. The molecule has 0 radical (unpaired) electrons. The fraction of sp³-hybridized carbons (Fsp3) is 0.375. The zero-order valence-corrected chi connectivity index (χ0v) is 19.4. The summed E-state index contributed by atoms with van der Waals surface area (Å²) in [7, 11) is 0. The number of nitrogens with one attached hydrogen (secondary N) is 1. The molecule has 0 aliphatic rings. The van der Waals surface area contributed by atoms with E-state index >= 15 is 0 Å². The lowest BCUT2D eigenvalue weighted by atomic mass is 10.2. The van der Waals surface area contributed by atoms with Gasteiger partial charge in [-0.2, -0.15) is 0 Å². The molecule has 0 saturated heterocycles. The van der Waals surface area contributed by atoms with E-state index in [2.05, 4.69) is 5.32 Å². The summed E-state index contributed by atoms with van der Waals surface area (Å²) in [5, 5.41) is 3.00. The SMILES string of the molecule is CCOCCOc1ccccc1C(=O)NC(=S)N(CCC(=O)OCC)Cc1ccccc1. The van der Waals surface area contributed by atoms with Crippen LogP contribution in [0.2, 0.25) is 0 Å². The summed E-state index contributed by atoms with van der Waals surface area (Å²) in [4.78, 5) is 26.6. The lowest BCUT2D eigenvalue weighted by molar-refractivity contribution is -0.143. The molecule has 0 saturated carbocycles. The molecule has 2 rings (SSSR count). The first kappa shape index (κ1) is 25.3. The van der Waals surface area contributed by atoms with E-state index in [-0.39, 0.29) is 23.4 Å². The number of rotatable bonds is 12. The van der Waals surface area contributed by atoms with Gasteiger partial charge in [0.05, 0.1) is 25.2 Å². The maximum absolute atomic E-state index is 12.9. The molecule has 0 aliphatic heterocycles. The van der Waals surface area contributed by atoms with Crippen LogP contribution >= 0.6 is 12.2 Å². The summed E-state index contributed by atoms with van der Waals surface area (Å²) >= 11 is 5.51. The number of amides is 1. The van der Waals surface area contributed by atoms with Crippen LogP contribution in [0.1, 0.15) is 36.2 Å². The largest absolute Gasteiger partial charge is 0.490 e. The molecule has 0 atom stereocenters. The van der Waals surface area contributed by atoms with E-state index in [1.807, 2.05) is 37.3 Å². The van der Waals surface area contributed by atoms with E-state index in [4.69, 9.17) is 26.4 Å². The minimum atomic E-state index is -0.379. The van der Waals surface area contributed by atoms with Crippen LogP contribution in [-0.4, -0.2) is 54.9 Å². The average molecular weight is 459 g/mol. The zero-order valence-electron chi connectivity index (χ0n) is 18.5. The highest BCUT2D eigenvalue weighted by Gasteiger charge is 2.18. The first-order valence-electron chi connectivity index (χ1n) is 10.6. The number of carbonyl (C=O) groups excluding carboxylic acids is 2. The molecule has 0 fully saturated rings. The van der Waals surface area contributed by atoms with E-state index in [1.54, 1.807) is 36.1 Å². The van der Waals surface area contributed by atoms with Crippen molar-refractivity contribution in [3.8, 4) is 5.75 Å². The van der Waals surface area contributed by atoms with E-state index in [0.29, 0.717) is 50.8 Å². The van der Waals surface area contributed by atoms with Crippen molar-refractivity contribution >= 4 is 29.2 Å². The number of hydrogen-bond donors (Lipinski definition) is 1. The van der Waals surface area contributed by atoms with Gasteiger partial charge in [-0.15, -0.1) is 0 Å². The highest BCUT2D eigenvalue weighted by molar-refractivity contribution is 7.80. The smallest absolute Gasteiger partial charge is 0.307 e. The Labute approximate surface area is 194 Å². The monoisotopic (exact) mass is 458 g/mol. The number of benzene rings is 2. The molecular formula is C24H30N2O5S. The summed E-state index contributed by atoms with van der Waals surface area (Å²) in [6.45, 7) is 6.13. The Hall–Kier alpha value is -2.97. The fourth-order valence-corrected chi connectivity index (χ4v) is 3.14. The topological polar surface area (TPSA) is 77.1 Å². The van der Waals surface area contributed by atoms with Gasteiger partial charge in [-0.05, 0) is 43.8 Å². The Morgan fingerprint density at radius 1 is 0.969 bits per heavy atom. The van der Waals surface area contributed by atoms with Gasteiger partial charge in [0.25, 0.3) is 5.91 Å². The van der Waals surface area contributed by atoms with Crippen LogP contribution in [0.5, 0.6) is 5.75 Å². The molecule has 32 heavy (non-hydrogen) atoms. The van der Waals surface area contributed by atoms with Gasteiger partial charge in [-0.25, -0.2) is 0 Å². The average Bonchev–Trinajstić information content (AvgIpc) is 2.80. The summed E-state index contributed by atoms with van der Waals surface area (Å²) in [6.07, 6.45) is 0.161. The molecule has 0 spiro atoms. The number of nitrogens with zero attached hydrogens (tertiary/aromatic N) is 1. The van der Waals surface area contributed by atoms with Gasteiger partial charge in [-0.3, -0.25) is 14.9 Å². The van der Waals surface area contributed by atoms with Crippen LogP contribution < -0.4 is 10.1 Å². The number of thiocarbonyl (C=S) groups is 1. The molecular weight excluding hydrogens is 428 g/mol. The van der Waals surface area contributed by atoms with Gasteiger partial charge in [0.2, 0.25) is 0 Å². The Bertz CT molecular complexity index is 876. The fourth-order valence-electron chi connectivity index (χ4n) is 2.89. The molecule has 0 aromatic heterocycles. The van der Waals surface area contributed by atoms with Crippen molar-refractivity contribution in [2.24, 2.45) is 0 Å². The highest BCUT2D eigenvalue weighted by Crippen LogP contribution is 2.18. The van der Waals surface area contributed by atoms with Crippen LogP contribution in [-0.2, 0) is 20.8 Å². The standard InChI is InChI=1S/C24H30N2O5S/c1-3-29-16-17-31-21-13-9-8-12-20(21)23(28)25-24(32)26(15-14-22(27)30-4-2)18-19-10-6-5-7-11-19/h5-13H,3-4,14-18H2,1-2H3,(H,25,28,32). The molecule has 0 unspecified atom stereocenters. The van der Waals surface area contributed by atoms with E-state index < -0.39 is 0 Å². The Morgan fingerprint density at radius 3 is 2.41 bits per heavy atom. The number of esters is 1. The molecule has 1 amide bonds. The van der Waals surface area contributed by atoms with Gasteiger partial charge < -0.3 is 19.1 Å². The summed E-state index contributed by atoms with van der Waals surface area (Å²) in [5.74, 6) is -0.238. The van der Waals surface area contributed by atoms with E-state index in [9.17, 15) is 9.59 Å². The molecule has 0 heterocycles. The third-order valence-electron chi connectivity index (χ3n) is 4.44. The van der Waals surface area contributed by atoms with E-state index in [0.717, 1.165) is 5.56 Å². The predicted molar refractivity (Wildman–Crippen MR) is 127 cm³/mol. The van der Waals surface area contributed by atoms with Crippen molar-refractivity contribution in [2.75, 3.05) is 33.0 Å². The number of ether oxygens (including phenoxy) is 3. The highest BCUT2D eigenvalue weighted by atomic mass is 32.1. The molecule has 172 valence electrons. The van der Waals surface area contributed by atoms with Gasteiger partial charge in [0.1, 0.15) is 12.4 Å². The zero-order chi connectivity index (χ0) is 23.2. The summed E-state index contributed by atoms with van der Waals surface area (Å²) < 4.78 is 16.0. The number of hydrogen-bond acceptors (Lipinski definition) is 6. The first-order chi connectivity index (χ1) is 15.5. The number of carbonyl (C=O) groups is 2. The van der Waals surface area contributed by atoms with Crippen molar-refractivity contribution in [1.29, 1.82) is 0 Å². The quantitative estimate of drug-likeness (QED) is 0.296. The summed E-state index contributed by atoms with van der Waals surface area (Å²) in [5.41, 5.74) is 1.38. The van der Waals surface area contributed by atoms with Crippen LogP contribution in [0.25, 0.3) is 0 Å². The Kier molecular flexibility index (Phi) is 11.2. The minimum absolute atomic E-state index is 0.161. The molecule has 2 aromatic rings. The van der Waals surface area contributed by atoms with Gasteiger partial charge >= 0.3 is 5.97 Å². The summed E-state index contributed by atoms with van der Waals surface area (Å²) in [6, 6.07) is 16.7. The third-order valence-corrected chi connectivity index (χ3v) is 4.80. The van der Waals surface area contributed by atoms with Crippen molar-refractivity contribution < 1.29 is 23.8 Å². The Balaban J connectivity index is 2.07. The van der Waals surface area contributed by atoms with Crippen LogP contribution in [0, 0.1) is 0 Å². The molecule has 7 nitrogen and oxygen atoms in total. The van der Waals surface area contributed by atoms with Crippen LogP contribution in [0.3, 0.4) is 0 Å². The predicted octanol–water partition coefficient (Wildman–Crippen LogP) is 3.57. The lowest BCUT2D eigenvalue weighted by Gasteiger charge is -2.25. The van der Waals surface area contributed by atoms with Gasteiger partial charge in [0.15, 0.2) is 5.11 Å². The lowest BCUT2D eigenvalue weighted by Crippen LogP contribution is -2.43. The maximum Gasteiger partial charge on any atom is 0.307 e.